The van der Waals surface area contributed by atoms with Gasteiger partial charge in [-0.25, -0.2) is 17.7 Å². The van der Waals surface area contributed by atoms with E-state index in [0.29, 0.717) is 37.6 Å². The maximum Gasteiger partial charge on any atom is 0.225 e. The summed E-state index contributed by atoms with van der Waals surface area (Å²) >= 11 is 0. The van der Waals surface area contributed by atoms with E-state index < -0.39 is 10.0 Å². The zero-order valence-corrected chi connectivity index (χ0v) is 17.3. The Hall–Kier alpha value is -2.27. The van der Waals surface area contributed by atoms with Crippen LogP contribution in [0.1, 0.15) is 20.8 Å². The predicted octanol–water partition coefficient (Wildman–Crippen LogP) is -0.0156. The van der Waals surface area contributed by atoms with Gasteiger partial charge >= 0.3 is 0 Å². The Balaban J connectivity index is 1.60. The quantitative estimate of drug-likeness (QED) is 0.652. The summed E-state index contributed by atoms with van der Waals surface area (Å²) in [6.07, 6.45) is 5.07. The molecule has 28 heavy (non-hydrogen) atoms. The maximum atomic E-state index is 12.6. The molecule has 2 aromatic rings. The van der Waals surface area contributed by atoms with Crippen LogP contribution in [0.4, 0.5) is 5.82 Å². The van der Waals surface area contributed by atoms with E-state index in [1.165, 1.54) is 4.31 Å². The van der Waals surface area contributed by atoms with Crippen LogP contribution < -0.4 is 10.2 Å². The number of carbonyl (C=O) groups is 1. The molecule has 1 aliphatic rings. The molecule has 3 rings (SSSR count). The second kappa shape index (κ2) is 8.39. The molecular formula is C17H27N7O3S. The lowest BCUT2D eigenvalue weighted by molar-refractivity contribution is -0.125. The van der Waals surface area contributed by atoms with Gasteiger partial charge in [-0.2, -0.15) is 0 Å². The summed E-state index contributed by atoms with van der Waals surface area (Å²) in [4.78, 5) is 19.1. The second-order valence-electron chi connectivity index (χ2n) is 6.99. The van der Waals surface area contributed by atoms with Crippen LogP contribution in [0.5, 0.6) is 0 Å². The summed E-state index contributed by atoms with van der Waals surface area (Å²) in [5.41, 5.74) is 0.654. The molecular weight excluding hydrogens is 382 g/mol. The number of nitrogens with zero attached hydrogens (tertiary/aromatic N) is 6. The van der Waals surface area contributed by atoms with Crippen molar-refractivity contribution in [1.82, 2.24) is 29.2 Å². The standard InChI is InChI=1S/C17H27N7O3S/c1-4-24(5-2)28(26,27)9-7-19-17(25)14-11-23(10-13(14)3)15-16-21-20-12-22(16)8-6-18-15/h6,8,12-14H,4-5,7,9-11H2,1-3H3,(H,19,25)/t13-,14+/m0/s1. The van der Waals surface area contributed by atoms with Crippen molar-refractivity contribution in [1.29, 1.82) is 0 Å². The summed E-state index contributed by atoms with van der Waals surface area (Å²) in [7, 11) is -3.35. The van der Waals surface area contributed by atoms with Gasteiger partial charge in [0, 0.05) is 45.1 Å². The molecule has 0 saturated carbocycles. The zero-order valence-electron chi connectivity index (χ0n) is 16.4. The van der Waals surface area contributed by atoms with E-state index in [-0.39, 0.29) is 30.0 Å². The van der Waals surface area contributed by atoms with Crippen molar-refractivity contribution in [2.45, 2.75) is 20.8 Å². The van der Waals surface area contributed by atoms with Crippen LogP contribution in [0, 0.1) is 11.8 Å². The Bertz CT molecular complexity index is 926. The lowest BCUT2D eigenvalue weighted by atomic mass is 9.97. The molecule has 1 aliphatic heterocycles. The highest BCUT2D eigenvalue weighted by Gasteiger charge is 2.36. The van der Waals surface area contributed by atoms with E-state index in [1.54, 1.807) is 37.0 Å². The number of amides is 1. The van der Waals surface area contributed by atoms with E-state index in [2.05, 4.69) is 20.5 Å². The minimum atomic E-state index is -3.35. The van der Waals surface area contributed by atoms with Crippen LogP contribution in [-0.4, -0.2) is 76.7 Å². The van der Waals surface area contributed by atoms with Crippen molar-refractivity contribution in [3.05, 3.63) is 18.7 Å². The van der Waals surface area contributed by atoms with Crippen molar-refractivity contribution in [3.8, 4) is 0 Å². The van der Waals surface area contributed by atoms with Crippen molar-refractivity contribution in [2.75, 3.05) is 43.4 Å². The van der Waals surface area contributed by atoms with Gasteiger partial charge in [-0.1, -0.05) is 20.8 Å². The van der Waals surface area contributed by atoms with Gasteiger partial charge in [0.25, 0.3) is 0 Å². The van der Waals surface area contributed by atoms with Crippen molar-refractivity contribution >= 4 is 27.4 Å². The highest BCUT2D eigenvalue weighted by molar-refractivity contribution is 7.89. The van der Waals surface area contributed by atoms with Gasteiger partial charge in [0.15, 0.2) is 5.82 Å². The summed E-state index contributed by atoms with van der Waals surface area (Å²) in [6, 6.07) is 0. The van der Waals surface area contributed by atoms with E-state index >= 15 is 0 Å². The number of rotatable bonds is 8. The summed E-state index contributed by atoms with van der Waals surface area (Å²) in [5, 5.41) is 10.8. The largest absolute Gasteiger partial charge is 0.355 e. The topological polar surface area (TPSA) is 113 Å². The third kappa shape index (κ3) is 4.09. The first kappa shape index (κ1) is 20.5. The minimum Gasteiger partial charge on any atom is -0.355 e. The normalized spacial score (nSPS) is 20.2. The van der Waals surface area contributed by atoms with E-state index in [1.807, 2.05) is 11.8 Å². The summed E-state index contributed by atoms with van der Waals surface area (Å²) in [6.45, 7) is 7.78. The Labute approximate surface area is 165 Å². The molecule has 0 aromatic carbocycles. The number of nitrogens with one attached hydrogen (secondary N) is 1. The smallest absolute Gasteiger partial charge is 0.225 e. The number of carbonyl (C=O) groups excluding carboxylic acids is 1. The fourth-order valence-electron chi connectivity index (χ4n) is 3.63. The van der Waals surface area contributed by atoms with Gasteiger partial charge in [0.2, 0.25) is 21.6 Å². The van der Waals surface area contributed by atoms with Crippen LogP contribution in [0.2, 0.25) is 0 Å². The molecule has 0 radical (unpaired) electrons. The van der Waals surface area contributed by atoms with Gasteiger partial charge < -0.3 is 10.2 Å². The zero-order chi connectivity index (χ0) is 20.3. The summed E-state index contributed by atoms with van der Waals surface area (Å²) < 4.78 is 27.7. The molecule has 0 unspecified atom stereocenters. The Morgan fingerprint density at radius 1 is 1.32 bits per heavy atom. The van der Waals surface area contributed by atoms with Crippen LogP contribution in [0.3, 0.4) is 0 Å². The molecule has 1 N–H and O–H groups in total. The number of hydrogen-bond donors (Lipinski definition) is 1. The molecule has 11 heteroatoms. The lowest BCUT2D eigenvalue weighted by Gasteiger charge is -2.19. The van der Waals surface area contributed by atoms with Crippen molar-refractivity contribution in [2.24, 2.45) is 11.8 Å². The third-order valence-electron chi connectivity index (χ3n) is 5.20. The minimum absolute atomic E-state index is 0.0914. The number of sulfonamides is 1. The van der Waals surface area contributed by atoms with Gasteiger partial charge in [0.1, 0.15) is 6.33 Å². The summed E-state index contributed by atoms with van der Waals surface area (Å²) in [5.74, 6) is 0.362. The third-order valence-corrected chi connectivity index (χ3v) is 7.23. The Morgan fingerprint density at radius 3 is 2.79 bits per heavy atom. The number of hydrogen-bond acceptors (Lipinski definition) is 7. The molecule has 154 valence electrons. The molecule has 1 amide bonds. The predicted molar refractivity (Wildman–Crippen MR) is 105 cm³/mol. The van der Waals surface area contributed by atoms with Gasteiger partial charge in [-0.3, -0.25) is 9.20 Å². The van der Waals surface area contributed by atoms with E-state index in [9.17, 15) is 13.2 Å². The first-order chi connectivity index (χ1) is 13.4. The molecule has 0 spiro atoms. The fourth-order valence-corrected chi connectivity index (χ4v) is 5.03. The molecule has 0 bridgehead atoms. The lowest BCUT2D eigenvalue weighted by Crippen LogP contribution is -2.40. The molecule has 2 atom stereocenters. The molecule has 1 saturated heterocycles. The van der Waals surface area contributed by atoms with Gasteiger partial charge in [-0.05, 0) is 5.92 Å². The Kier molecular flexibility index (Phi) is 6.14. The maximum absolute atomic E-state index is 12.6. The van der Waals surface area contributed by atoms with Gasteiger partial charge in [0.05, 0.1) is 11.7 Å². The van der Waals surface area contributed by atoms with Crippen LogP contribution in [0.25, 0.3) is 5.65 Å². The monoisotopic (exact) mass is 409 g/mol. The molecule has 1 fully saturated rings. The van der Waals surface area contributed by atoms with Crippen LogP contribution in [0.15, 0.2) is 18.7 Å². The average molecular weight is 410 g/mol. The first-order valence-electron chi connectivity index (χ1n) is 9.52. The van der Waals surface area contributed by atoms with E-state index in [0.717, 1.165) is 0 Å². The number of aromatic nitrogens is 4. The molecule has 10 nitrogen and oxygen atoms in total. The molecule has 2 aromatic heterocycles. The van der Waals surface area contributed by atoms with Crippen LogP contribution >= 0.6 is 0 Å². The highest BCUT2D eigenvalue weighted by Crippen LogP contribution is 2.28. The van der Waals surface area contributed by atoms with Crippen molar-refractivity contribution < 1.29 is 13.2 Å². The molecule has 3 heterocycles. The Morgan fingerprint density at radius 2 is 2.07 bits per heavy atom. The van der Waals surface area contributed by atoms with Crippen molar-refractivity contribution in [3.63, 3.8) is 0 Å². The highest BCUT2D eigenvalue weighted by atomic mass is 32.2. The number of anilines is 1. The van der Waals surface area contributed by atoms with Gasteiger partial charge in [-0.15, -0.1) is 10.2 Å². The fraction of sp³-hybridized carbons (Fsp3) is 0.647. The SMILES string of the molecule is CCN(CC)S(=O)(=O)CCNC(=O)[C@@H]1CN(c2nccn3cnnc23)C[C@@H]1C. The number of fused-ring (bicyclic) bond motifs is 1. The van der Waals surface area contributed by atoms with Crippen LogP contribution in [-0.2, 0) is 14.8 Å². The molecule has 0 aliphatic carbocycles. The second-order valence-corrected chi connectivity index (χ2v) is 9.08. The first-order valence-corrected chi connectivity index (χ1v) is 11.1. The average Bonchev–Trinajstić information content (AvgIpc) is 3.28. The van der Waals surface area contributed by atoms with E-state index in [4.69, 9.17) is 0 Å².